The molecule has 2 N–H and O–H groups in total. The average molecular weight is 200 g/mol. The maximum Gasteiger partial charge on any atom is 0.318 e. The van der Waals surface area contributed by atoms with Crippen molar-refractivity contribution in [1.82, 2.24) is 0 Å². The van der Waals surface area contributed by atoms with Gasteiger partial charge in [-0.05, 0) is 12.5 Å². The first kappa shape index (κ1) is 12.3. The van der Waals surface area contributed by atoms with E-state index in [1.807, 2.05) is 0 Å². The number of rotatable bonds is 6. The Morgan fingerprint density at radius 1 is 1.36 bits per heavy atom. The van der Waals surface area contributed by atoms with Crippen molar-refractivity contribution in [3.8, 4) is 0 Å². The second-order valence-corrected chi connectivity index (χ2v) is 2.88. The van der Waals surface area contributed by atoms with Crippen LogP contribution in [0.4, 0.5) is 0 Å². The molecule has 0 aliphatic carbocycles. The van der Waals surface area contributed by atoms with Gasteiger partial charge >= 0.3 is 11.9 Å². The molecule has 14 heavy (non-hydrogen) atoms. The summed E-state index contributed by atoms with van der Waals surface area (Å²) < 4.78 is 0. The standard InChI is InChI=1S/C9H12O5/c1-3-6(10)9(4-2,8(13)14)5-7(11)12/h3H,1,4-5H2,2H3,(H,11,12)(H,13,14). The van der Waals surface area contributed by atoms with Gasteiger partial charge < -0.3 is 10.2 Å². The fraction of sp³-hybridized carbons (Fsp3) is 0.444. The highest BCUT2D eigenvalue weighted by atomic mass is 16.4. The summed E-state index contributed by atoms with van der Waals surface area (Å²) in [6, 6.07) is 0. The normalized spacial score (nSPS) is 14.1. The molecule has 0 saturated carbocycles. The second kappa shape index (κ2) is 4.55. The summed E-state index contributed by atoms with van der Waals surface area (Å²) in [5.41, 5.74) is -1.87. The van der Waals surface area contributed by atoms with Gasteiger partial charge in [0.25, 0.3) is 0 Å². The van der Waals surface area contributed by atoms with E-state index in [1.54, 1.807) is 0 Å². The SMILES string of the molecule is C=CC(=O)C(CC)(CC(=O)O)C(=O)O. The molecule has 0 aromatic carbocycles. The van der Waals surface area contributed by atoms with Crippen LogP contribution in [-0.4, -0.2) is 27.9 Å². The number of allylic oxidation sites excluding steroid dienone is 1. The molecule has 0 rings (SSSR count). The predicted molar refractivity (Wildman–Crippen MR) is 47.8 cm³/mol. The minimum absolute atomic E-state index is 0.0700. The first-order chi connectivity index (χ1) is 6.40. The van der Waals surface area contributed by atoms with Crippen LogP contribution in [0.2, 0.25) is 0 Å². The van der Waals surface area contributed by atoms with E-state index < -0.39 is 29.6 Å². The molecule has 5 nitrogen and oxygen atoms in total. The first-order valence-corrected chi connectivity index (χ1v) is 4.02. The topological polar surface area (TPSA) is 91.7 Å². The summed E-state index contributed by atoms with van der Waals surface area (Å²) in [6.45, 7) is 4.62. The number of aliphatic carboxylic acids is 2. The highest BCUT2D eigenvalue weighted by Crippen LogP contribution is 2.28. The Labute approximate surface area is 81.0 Å². The van der Waals surface area contributed by atoms with Gasteiger partial charge in [0.05, 0.1) is 6.42 Å². The van der Waals surface area contributed by atoms with Crippen LogP contribution in [0, 0.1) is 5.41 Å². The summed E-state index contributed by atoms with van der Waals surface area (Å²) in [7, 11) is 0. The van der Waals surface area contributed by atoms with Crippen molar-refractivity contribution in [3.63, 3.8) is 0 Å². The maximum atomic E-state index is 11.3. The van der Waals surface area contributed by atoms with Gasteiger partial charge in [-0.15, -0.1) is 0 Å². The van der Waals surface area contributed by atoms with Crippen LogP contribution in [0.1, 0.15) is 19.8 Å². The van der Waals surface area contributed by atoms with E-state index in [4.69, 9.17) is 10.2 Å². The van der Waals surface area contributed by atoms with Crippen molar-refractivity contribution in [1.29, 1.82) is 0 Å². The summed E-state index contributed by atoms with van der Waals surface area (Å²) in [5.74, 6) is -3.51. The lowest BCUT2D eigenvalue weighted by molar-refractivity contribution is -0.159. The zero-order valence-electron chi connectivity index (χ0n) is 7.82. The average Bonchev–Trinajstić information content (AvgIpc) is 2.12. The molecule has 5 heteroatoms. The quantitative estimate of drug-likeness (QED) is 0.486. The molecule has 0 radical (unpaired) electrons. The van der Waals surface area contributed by atoms with Crippen LogP contribution in [0.15, 0.2) is 12.7 Å². The van der Waals surface area contributed by atoms with Gasteiger partial charge in [-0.25, -0.2) is 0 Å². The van der Waals surface area contributed by atoms with E-state index in [2.05, 4.69) is 6.58 Å². The van der Waals surface area contributed by atoms with Gasteiger partial charge in [-0.1, -0.05) is 13.5 Å². The lowest BCUT2D eigenvalue weighted by Gasteiger charge is -2.22. The van der Waals surface area contributed by atoms with Crippen LogP contribution < -0.4 is 0 Å². The van der Waals surface area contributed by atoms with E-state index >= 15 is 0 Å². The monoisotopic (exact) mass is 200 g/mol. The molecule has 0 saturated heterocycles. The highest BCUT2D eigenvalue weighted by molar-refractivity contribution is 6.10. The summed E-state index contributed by atoms with van der Waals surface area (Å²) in [6.07, 6.45) is 0.0593. The molecule has 0 fully saturated rings. The van der Waals surface area contributed by atoms with Gasteiger partial charge in [0.2, 0.25) is 0 Å². The van der Waals surface area contributed by atoms with E-state index in [-0.39, 0.29) is 6.42 Å². The molecule has 0 aromatic rings. The zero-order chi connectivity index (χ0) is 11.4. The minimum Gasteiger partial charge on any atom is -0.481 e. The molecule has 1 unspecified atom stereocenters. The highest BCUT2D eigenvalue weighted by Gasteiger charge is 2.44. The molecule has 1 atom stereocenters. The smallest absolute Gasteiger partial charge is 0.318 e. The van der Waals surface area contributed by atoms with Crippen molar-refractivity contribution < 1.29 is 24.6 Å². The third kappa shape index (κ3) is 2.18. The molecule has 0 amide bonds. The van der Waals surface area contributed by atoms with Crippen LogP contribution in [-0.2, 0) is 14.4 Å². The number of hydrogen-bond donors (Lipinski definition) is 2. The Hall–Kier alpha value is -1.65. The molecule has 78 valence electrons. The van der Waals surface area contributed by atoms with Gasteiger partial charge in [0.1, 0.15) is 5.41 Å². The number of carbonyl (C=O) groups is 3. The number of carboxylic acids is 2. The van der Waals surface area contributed by atoms with Crippen LogP contribution in [0.25, 0.3) is 0 Å². The van der Waals surface area contributed by atoms with Crippen LogP contribution in [0.3, 0.4) is 0 Å². The Kier molecular flexibility index (Phi) is 4.01. The summed E-state index contributed by atoms with van der Waals surface area (Å²) in [4.78, 5) is 32.6. The van der Waals surface area contributed by atoms with Crippen molar-refractivity contribution in [2.75, 3.05) is 0 Å². The second-order valence-electron chi connectivity index (χ2n) is 2.88. The molecular weight excluding hydrogens is 188 g/mol. The van der Waals surface area contributed by atoms with Crippen LogP contribution >= 0.6 is 0 Å². The lowest BCUT2D eigenvalue weighted by atomic mass is 9.77. The van der Waals surface area contributed by atoms with Crippen molar-refractivity contribution in [2.45, 2.75) is 19.8 Å². The zero-order valence-corrected chi connectivity index (χ0v) is 7.82. The Balaban J connectivity index is 5.18. The molecule has 0 aliphatic rings. The maximum absolute atomic E-state index is 11.3. The largest absolute Gasteiger partial charge is 0.481 e. The van der Waals surface area contributed by atoms with Gasteiger partial charge in [0.15, 0.2) is 5.78 Å². The lowest BCUT2D eigenvalue weighted by Crippen LogP contribution is -2.39. The minimum atomic E-state index is -1.87. The third-order valence-corrected chi connectivity index (χ3v) is 2.12. The van der Waals surface area contributed by atoms with Crippen molar-refractivity contribution >= 4 is 17.7 Å². The van der Waals surface area contributed by atoms with Crippen molar-refractivity contribution in [3.05, 3.63) is 12.7 Å². The Morgan fingerprint density at radius 3 is 2.07 bits per heavy atom. The van der Waals surface area contributed by atoms with Gasteiger partial charge in [-0.2, -0.15) is 0 Å². The Morgan fingerprint density at radius 2 is 1.86 bits per heavy atom. The molecular formula is C9H12O5. The summed E-state index contributed by atoms with van der Waals surface area (Å²) in [5, 5.41) is 17.4. The van der Waals surface area contributed by atoms with Gasteiger partial charge in [0, 0.05) is 0 Å². The fourth-order valence-corrected chi connectivity index (χ4v) is 1.17. The molecule has 0 bridgehead atoms. The van der Waals surface area contributed by atoms with E-state index in [0.29, 0.717) is 0 Å². The summed E-state index contributed by atoms with van der Waals surface area (Å²) >= 11 is 0. The van der Waals surface area contributed by atoms with E-state index in [1.165, 1.54) is 6.92 Å². The van der Waals surface area contributed by atoms with Crippen molar-refractivity contribution in [2.24, 2.45) is 5.41 Å². The fourth-order valence-electron chi connectivity index (χ4n) is 1.17. The number of hydrogen-bond acceptors (Lipinski definition) is 3. The molecule has 0 spiro atoms. The first-order valence-electron chi connectivity index (χ1n) is 4.02. The van der Waals surface area contributed by atoms with Crippen LogP contribution in [0.5, 0.6) is 0 Å². The third-order valence-electron chi connectivity index (χ3n) is 2.12. The molecule has 0 aromatic heterocycles. The molecule has 0 aliphatic heterocycles. The van der Waals surface area contributed by atoms with Gasteiger partial charge in [-0.3, -0.25) is 14.4 Å². The number of carboxylic acid groups (broad SMARTS) is 2. The number of carbonyl (C=O) groups excluding carboxylic acids is 1. The Bertz CT molecular complexity index is 281. The van der Waals surface area contributed by atoms with E-state index in [9.17, 15) is 14.4 Å². The number of ketones is 1. The predicted octanol–water partition coefficient (Wildman–Crippen LogP) is 0.697. The molecule has 0 heterocycles. The van der Waals surface area contributed by atoms with E-state index in [0.717, 1.165) is 6.08 Å².